The third-order valence-electron chi connectivity index (χ3n) is 4.76. The molecule has 0 aliphatic heterocycles. The lowest BCUT2D eigenvalue weighted by atomic mass is 10.1. The average molecular weight is 425 g/mol. The monoisotopic (exact) mass is 425 g/mol. The molecule has 0 unspecified atom stereocenters. The number of methoxy groups -OCH3 is 2. The molecule has 8 heteroatoms. The quantitative estimate of drug-likeness (QED) is 0.498. The lowest BCUT2D eigenvalue weighted by molar-refractivity contribution is 0.0955. The molecule has 0 aliphatic rings. The number of halogens is 1. The number of benzene rings is 2. The Morgan fingerprint density at radius 2 is 1.83 bits per heavy atom. The topological polar surface area (TPSA) is 65.4 Å². The molecule has 1 N–H and O–H groups in total. The predicted molar refractivity (Wildman–Crippen MR) is 115 cm³/mol. The molecule has 2 heterocycles. The van der Waals surface area contributed by atoms with Crippen LogP contribution in [0.4, 0.5) is 4.39 Å². The smallest absolute Gasteiger partial charge is 0.261 e. The van der Waals surface area contributed by atoms with E-state index < -0.39 is 0 Å². The number of carbonyl (C=O) groups excluding carboxylic acids is 1. The summed E-state index contributed by atoms with van der Waals surface area (Å²) in [7, 11) is 5.03. The molecule has 0 aliphatic carbocycles. The molecule has 154 valence electrons. The number of nitrogens with zero attached hydrogens (tertiary/aromatic N) is 2. The second kappa shape index (κ2) is 8.16. The average Bonchev–Trinajstić information content (AvgIpc) is 3.33. The van der Waals surface area contributed by atoms with E-state index in [9.17, 15) is 9.18 Å². The lowest BCUT2D eigenvalue weighted by Gasteiger charge is -2.08. The molecular weight excluding hydrogens is 405 g/mol. The highest BCUT2D eigenvalue weighted by molar-refractivity contribution is 7.20. The summed E-state index contributed by atoms with van der Waals surface area (Å²) >= 11 is 1.38. The van der Waals surface area contributed by atoms with Crippen LogP contribution in [0.2, 0.25) is 0 Å². The van der Waals surface area contributed by atoms with Crippen molar-refractivity contribution in [3.8, 4) is 22.8 Å². The zero-order valence-electron chi connectivity index (χ0n) is 16.7. The number of amides is 1. The summed E-state index contributed by atoms with van der Waals surface area (Å²) in [5, 5.41) is 8.39. The maximum absolute atomic E-state index is 13.0. The molecular formula is C22H20FN3O3S. The summed E-state index contributed by atoms with van der Waals surface area (Å²) in [5.41, 5.74) is 2.47. The van der Waals surface area contributed by atoms with E-state index in [1.807, 2.05) is 31.3 Å². The van der Waals surface area contributed by atoms with Crippen LogP contribution in [0.3, 0.4) is 0 Å². The Morgan fingerprint density at radius 1 is 1.10 bits per heavy atom. The normalized spacial score (nSPS) is 10.9. The number of fused-ring (bicyclic) bond motifs is 1. The summed E-state index contributed by atoms with van der Waals surface area (Å²) in [5.74, 6) is 0.768. The minimum atomic E-state index is -0.301. The van der Waals surface area contributed by atoms with E-state index in [0.29, 0.717) is 22.9 Å². The standard InChI is InChI=1S/C22H20FN3O3S/c1-26-22-16(20(25-26)14-6-9-17(28-2)18(10-14)29-3)11-19(30-22)21(27)24-12-13-4-7-15(23)8-5-13/h4-11H,12H2,1-3H3,(H,24,27). The van der Waals surface area contributed by atoms with E-state index in [0.717, 1.165) is 27.0 Å². The van der Waals surface area contributed by atoms with Gasteiger partial charge in [-0.05, 0) is 42.0 Å². The number of thiophene rings is 1. The number of aryl methyl sites for hydroxylation is 1. The van der Waals surface area contributed by atoms with Crippen LogP contribution in [0.25, 0.3) is 21.5 Å². The van der Waals surface area contributed by atoms with Gasteiger partial charge in [0.2, 0.25) is 0 Å². The van der Waals surface area contributed by atoms with Crippen molar-refractivity contribution < 1.29 is 18.7 Å². The Kier molecular flexibility index (Phi) is 5.41. The van der Waals surface area contributed by atoms with Crippen molar-refractivity contribution in [2.45, 2.75) is 6.54 Å². The van der Waals surface area contributed by atoms with Crippen molar-refractivity contribution in [2.75, 3.05) is 14.2 Å². The zero-order chi connectivity index (χ0) is 21.3. The summed E-state index contributed by atoms with van der Waals surface area (Å²) < 4.78 is 25.5. The Hall–Kier alpha value is -3.39. The first-order valence-electron chi connectivity index (χ1n) is 9.21. The van der Waals surface area contributed by atoms with Gasteiger partial charge in [0, 0.05) is 24.5 Å². The van der Waals surface area contributed by atoms with Gasteiger partial charge in [-0.25, -0.2) is 4.39 Å². The fourth-order valence-electron chi connectivity index (χ4n) is 3.22. The summed E-state index contributed by atoms with van der Waals surface area (Å²) in [6, 6.07) is 13.5. The van der Waals surface area contributed by atoms with Gasteiger partial charge in [-0.1, -0.05) is 12.1 Å². The number of carbonyl (C=O) groups is 1. The van der Waals surface area contributed by atoms with Gasteiger partial charge in [-0.15, -0.1) is 11.3 Å². The highest BCUT2D eigenvalue weighted by Gasteiger charge is 2.19. The van der Waals surface area contributed by atoms with Gasteiger partial charge in [0.15, 0.2) is 11.5 Å². The van der Waals surface area contributed by atoms with E-state index in [4.69, 9.17) is 9.47 Å². The molecule has 0 fully saturated rings. The highest BCUT2D eigenvalue weighted by Crippen LogP contribution is 2.37. The van der Waals surface area contributed by atoms with Gasteiger partial charge in [0.25, 0.3) is 5.91 Å². The van der Waals surface area contributed by atoms with Crippen LogP contribution in [-0.4, -0.2) is 29.9 Å². The van der Waals surface area contributed by atoms with Crippen LogP contribution in [0.15, 0.2) is 48.5 Å². The predicted octanol–water partition coefficient (Wildman–Crippen LogP) is 4.39. The van der Waals surface area contributed by atoms with Gasteiger partial charge >= 0.3 is 0 Å². The lowest BCUT2D eigenvalue weighted by Crippen LogP contribution is -2.21. The van der Waals surface area contributed by atoms with Crippen molar-refractivity contribution in [2.24, 2.45) is 7.05 Å². The second-order valence-corrected chi connectivity index (χ2v) is 7.71. The van der Waals surface area contributed by atoms with Crippen molar-refractivity contribution in [3.63, 3.8) is 0 Å². The maximum atomic E-state index is 13.0. The summed E-state index contributed by atoms with van der Waals surface area (Å²) in [6.45, 7) is 0.328. The van der Waals surface area contributed by atoms with Crippen molar-refractivity contribution in [1.29, 1.82) is 0 Å². The van der Waals surface area contributed by atoms with E-state index in [1.165, 1.54) is 23.5 Å². The Labute approximate surface area is 176 Å². The number of rotatable bonds is 6. The first-order valence-corrected chi connectivity index (χ1v) is 10.0. The molecule has 1 amide bonds. The van der Waals surface area contributed by atoms with E-state index in [-0.39, 0.29) is 11.7 Å². The SMILES string of the molecule is COc1ccc(-c2nn(C)c3sc(C(=O)NCc4ccc(F)cc4)cc23)cc1OC. The molecule has 0 atom stereocenters. The molecule has 0 saturated carbocycles. The first kappa shape index (κ1) is 19.9. The number of ether oxygens (including phenoxy) is 2. The van der Waals surface area contributed by atoms with Crippen molar-refractivity contribution >= 4 is 27.5 Å². The Morgan fingerprint density at radius 3 is 2.53 bits per heavy atom. The van der Waals surface area contributed by atoms with Crippen LogP contribution in [0, 0.1) is 5.82 Å². The molecule has 0 radical (unpaired) electrons. The zero-order valence-corrected chi connectivity index (χ0v) is 17.5. The van der Waals surface area contributed by atoms with Crippen LogP contribution in [0.5, 0.6) is 11.5 Å². The summed E-state index contributed by atoms with van der Waals surface area (Å²) in [4.78, 5) is 14.1. The fourth-order valence-corrected chi connectivity index (χ4v) is 4.21. The number of aromatic nitrogens is 2. The molecule has 4 aromatic rings. The summed E-state index contributed by atoms with van der Waals surface area (Å²) in [6.07, 6.45) is 0. The van der Waals surface area contributed by atoms with Gasteiger partial charge in [-0.2, -0.15) is 5.10 Å². The van der Waals surface area contributed by atoms with E-state index in [1.54, 1.807) is 31.0 Å². The molecule has 0 saturated heterocycles. The fraction of sp³-hybridized carbons (Fsp3) is 0.182. The van der Waals surface area contributed by atoms with Crippen LogP contribution in [-0.2, 0) is 13.6 Å². The molecule has 2 aromatic carbocycles. The van der Waals surface area contributed by atoms with Crippen LogP contribution in [0.1, 0.15) is 15.2 Å². The van der Waals surface area contributed by atoms with E-state index in [2.05, 4.69) is 10.4 Å². The largest absolute Gasteiger partial charge is 0.493 e. The minimum absolute atomic E-state index is 0.182. The molecule has 0 bridgehead atoms. The molecule has 4 rings (SSSR count). The maximum Gasteiger partial charge on any atom is 0.261 e. The van der Waals surface area contributed by atoms with Crippen molar-refractivity contribution in [1.82, 2.24) is 15.1 Å². The van der Waals surface area contributed by atoms with E-state index >= 15 is 0 Å². The third kappa shape index (κ3) is 3.73. The minimum Gasteiger partial charge on any atom is -0.493 e. The number of hydrogen-bond donors (Lipinski definition) is 1. The second-order valence-electron chi connectivity index (χ2n) is 6.68. The van der Waals surface area contributed by atoms with Gasteiger partial charge < -0.3 is 14.8 Å². The Balaban J connectivity index is 1.62. The number of nitrogens with one attached hydrogen (secondary N) is 1. The Bertz CT molecular complexity index is 1210. The van der Waals surface area contributed by atoms with Gasteiger partial charge in [-0.3, -0.25) is 9.48 Å². The first-order chi connectivity index (χ1) is 14.5. The van der Waals surface area contributed by atoms with Crippen molar-refractivity contribution in [3.05, 3.63) is 64.8 Å². The third-order valence-corrected chi connectivity index (χ3v) is 5.96. The number of hydrogen-bond acceptors (Lipinski definition) is 5. The molecule has 0 spiro atoms. The molecule has 2 aromatic heterocycles. The van der Waals surface area contributed by atoms with Crippen LogP contribution >= 0.6 is 11.3 Å². The molecule has 30 heavy (non-hydrogen) atoms. The molecule has 6 nitrogen and oxygen atoms in total. The highest BCUT2D eigenvalue weighted by atomic mass is 32.1. The van der Waals surface area contributed by atoms with Gasteiger partial charge in [0.05, 0.1) is 19.1 Å². The van der Waals surface area contributed by atoms with Crippen LogP contribution < -0.4 is 14.8 Å². The van der Waals surface area contributed by atoms with Gasteiger partial charge in [0.1, 0.15) is 16.3 Å².